The summed E-state index contributed by atoms with van der Waals surface area (Å²) in [6.45, 7) is 3.75. The first-order chi connectivity index (χ1) is 15.4. The average Bonchev–Trinajstić information content (AvgIpc) is 3.46. The molecule has 0 spiro atoms. The van der Waals surface area contributed by atoms with Gasteiger partial charge in [-0.1, -0.05) is 13.0 Å². The van der Waals surface area contributed by atoms with E-state index in [4.69, 9.17) is 14.6 Å². The molecule has 9 nitrogen and oxygen atoms in total. The Kier molecular flexibility index (Phi) is 5.47. The molecule has 3 N–H and O–H groups in total. The van der Waals surface area contributed by atoms with Crippen molar-refractivity contribution in [3.63, 3.8) is 0 Å². The van der Waals surface area contributed by atoms with Gasteiger partial charge in [-0.15, -0.1) is 4.36 Å². The maximum absolute atomic E-state index is 13.2. The van der Waals surface area contributed by atoms with Crippen LogP contribution < -0.4 is 15.2 Å². The van der Waals surface area contributed by atoms with Crippen LogP contribution >= 0.6 is 0 Å². The zero-order valence-electron chi connectivity index (χ0n) is 18.4. The first-order valence-corrected chi connectivity index (χ1v) is 12.7. The third-order valence-corrected chi connectivity index (χ3v) is 7.93. The third-order valence-electron chi connectivity index (χ3n) is 6.58. The summed E-state index contributed by atoms with van der Waals surface area (Å²) in [5.74, 6) is 0.831. The average molecular weight is 460 g/mol. The summed E-state index contributed by atoms with van der Waals surface area (Å²) in [5.41, 5.74) is 5.61. The molecule has 5 rings (SSSR count). The lowest BCUT2D eigenvalue weighted by Gasteiger charge is -2.21. The van der Waals surface area contributed by atoms with Gasteiger partial charge in [-0.25, -0.2) is 18.8 Å². The summed E-state index contributed by atoms with van der Waals surface area (Å²) < 4.78 is 29.9. The molecule has 32 heavy (non-hydrogen) atoms. The molecule has 0 fully saturated rings. The van der Waals surface area contributed by atoms with Crippen LogP contribution in [0.25, 0.3) is 0 Å². The van der Waals surface area contributed by atoms with Crippen LogP contribution in [0.5, 0.6) is 5.88 Å². The van der Waals surface area contributed by atoms with Gasteiger partial charge in [0.15, 0.2) is 9.92 Å². The molecular formula is C22H29N5O4S. The minimum absolute atomic E-state index is 0.153. The van der Waals surface area contributed by atoms with Gasteiger partial charge in [0, 0.05) is 24.6 Å². The van der Waals surface area contributed by atoms with E-state index in [9.17, 15) is 9.00 Å². The number of aryl methyl sites for hydroxylation is 2. The molecule has 1 aliphatic heterocycles. The highest BCUT2D eigenvalue weighted by molar-refractivity contribution is 7.91. The molecule has 0 bridgehead atoms. The van der Waals surface area contributed by atoms with Crippen molar-refractivity contribution in [2.24, 2.45) is 15.4 Å². The van der Waals surface area contributed by atoms with Crippen molar-refractivity contribution >= 4 is 21.6 Å². The van der Waals surface area contributed by atoms with Crippen LogP contribution in [0.1, 0.15) is 47.9 Å². The van der Waals surface area contributed by atoms with E-state index in [1.807, 2.05) is 6.92 Å². The lowest BCUT2D eigenvalue weighted by molar-refractivity contribution is 0.171. The highest BCUT2D eigenvalue weighted by Gasteiger charge is 2.32. The second kappa shape index (κ2) is 8.17. The normalized spacial score (nSPS) is 23.0. The monoisotopic (exact) mass is 459 g/mol. The number of anilines is 1. The number of rotatable bonds is 4. The summed E-state index contributed by atoms with van der Waals surface area (Å²) in [5, 5.41) is 13.2. The van der Waals surface area contributed by atoms with Crippen molar-refractivity contribution < 1.29 is 18.5 Å². The van der Waals surface area contributed by atoms with Crippen molar-refractivity contribution in [2.75, 3.05) is 25.6 Å². The van der Waals surface area contributed by atoms with Gasteiger partial charge in [-0.3, -0.25) is 0 Å². The molecule has 1 unspecified atom stereocenters. The minimum atomic E-state index is -3.52. The Labute approximate surface area is 188 Å². The number of benzene rings is 1. The lowest BCUT2D eigenvalue weighted by Crippen LogP contribution is -2.25. The highest BCUT2D eigenvalue weighted by Crippen LogP contribution is 2.44. The van der Waals surface area contributed by atoms with E-state index in [2.05, 4.69) is 20.8 Å². The fourth-order valence-electron chi connectivity index (χ4n) is 5.19. The third kappa shape index (κ3) is 3.70. The predicted octanol–water partition coefficient (Wildman–Crippen LogP) is 3.01. The number of nitrogens with one attached hydrogen (secondary N) is 1. The maximum atomic E-state index is 13.2. The number of urea groups is 1. The quantitative estimate of drug-likeness (QED) is 0.728. The number of fused-ring (bicyclic) bond motifs is 3. The Hall–Kier alpha value is -2.43. The summed E-state index contributed by atoms with van der Waals surface area (Å²) in [6.07, 6.45) is 6.29. The van der Waals surface area contributed by atoms with Gasteiger partial charge in [0.25, 0.3) is 0 Å². The van der Waals surface area contributed by atoms with E-state index in [1.54, 1.807) is 11.8 Å². The molecule has 2 aliphatic carbocycles. The largest absolute Gasteiger partial charge is 0.477 e. The van der Waals surface area contributed by atoms with E-state index in [-0.39, 0.29) is 16.7 Å². The topological polar surface area (TPSA) is 121 Å². The van der Waals surface area contributed by atoms with Crippen molar-refractivity contribution in [1.29, 1.82) is 0 Å². The molecule has 0 saturated heterocycles. The number of ether oxygens (including phenoxy) is 2. The summed E-state index contributed by atoms with van der Waals surface area (Å²) in [6, 6.07) is 1.57. The zero-order chi connectivity index (χ0) is 22.5. The number of aromatic nitrogens is 2. The molecule has 2 amide bonds. The number of nitrogens with zero attached hydrogens (tertiary/aromatic N) is 3. The van der Waals surface area contributed by atoms with Gasteiger partial charge in [-0.05, 0) is 54.4 Å². The molecule has 172 valence electrons. The molecule has 2 heterocycles. The SMILES string of the molecule is COC[C@H]1CCc2cc3c(c(NC(=O)N=S(N)(=O)c4cnn5c4OC[C@@H](C)C5)c21)CCC3. The molecule has 2 aromatic rings. The van der Waals surface area contributed by atoms with Crippen molar-refractivity contribution in [2.45, 2.75) is 56.4 Å². The Bertz CT molecular complexity index is 1200. The van der Waals surface area contributed by atoms with Crippen LogP contribution in [-0.4, -0.2) is 40.3 Å². The van der Waals surface area contributed by atoms with Gasteiger partial charge < -0.3 is 14.8 Å². The fraction of sp³-hybridized carbons (Fsp3) is 0.545. The second-order valence-electron chi connectivity index (χ2n) is 9.01. The maximum Gasteiger partial charge on any atom is 0.354 e. The fourth-order valence-corrected chi connectivity index (χ4v) is 6.19. The molecular weight excluding hydrogens is 430 g/mol. The summed E-state index contributed by atoms with van der Waals surface area (Å²) in [4.78, 5) is 13.1. The minimum Gasteiger partial charge on any atom is -0.477 e. The first kappa shape index (κ1) is 21.4. The number of carbonyl (C=O) groups excluding carboxylic acids is 1. The van der Waals surface area contributed by atoms with E-state index in [0.717, 1.165) is 48.9 Å². The summed E-state index contributed by atoms with van der Waals surface area (Å²) in [7, 11) is -1.82. The molecule has 1 aromatic heterocycles. The van der Waals surface area contributed by atoms with Crippen LogP contribution in [-0.2, 0) is 40.5 Å². The van der Waals surface area contributed by atoms with E-state index < -0.39 is 15.9 Å². The van der Waals surface area contributed by atoms with Crippen molar-refractivity contribution in [3.8, 4) is 5.88 Å². The van der Waals surface area contributed by atoms with Crippen molar-refractivity contribution in [1.82, 2.24) is 9.78 Å². The van der Waals surface area contributed by atoms with E-state index >= 15 is 0 Å². The molecule has 3 atom stereocenters. The first-order valence-electron chi connectivity index (χ1n) is 11.1. The van der Waals surface area contributed by atoms with Gasteiger partial charge in [-0.2, -0.15) is 5.10 Å². The zero-order valence-corrected chi connectivity index (χ0v) is 19.2. The van der Waals surface area contributed by atoms with Crippen LogP contribution in [0.3, 0.4) is 0 Å². The van der Waals surface area contributed by atoms with Crippen LogP contribution in [0.2, 0.25) is 0 Å². The number of carbonyl (C=O) groups is 1. The number of amides is 2. The number of hydrogen-bond acceptors (Lipinski definition) is 5. The Balaban J connectivity index is 1.49. The Morgan fingerprint density at radius 3 is 3.06 bits per heavy atom. The molecule has 1 aromatic carbocycles. The van der Waals surface area contributed by atoms with Crippen LogP contribution in [0, 0.1) is 5.92 Å². The van der Waals surface area contributed by atoms with Gasteiger partial charge in [0.2, 0.25) is 5.88 Å². The Morgan fingerprint density at radius 2 is 2.25 bits per heavy atom. The molecule has 10 heteroatoms. The van der Waals surface area contributed by atoms with E-state index in [1.165, 1.54) is 17.3 Å². The van der Waals surface area contributed by atoms with Gasteiger partial charge >= 0.3 is 6.03 Å². The molecule has 0 saturated carbocycles. The smallest absolute Gasteiger partial charge is 0.354 e. The summed E-state index contributed by atoms with van der Waals surface area (Å²) >= 11 is 0. The Morgan fingerprint density at radius 1 is 1.41 bits per heavy atom. The molecule has 3 aliphatic rings. The lowest BCUT2D eigenvalue weighted by atomic mass is 9.94. The van der Waals surface area contributed by atoms with Gasteiger partial charge in [0.05, 0.1) is 26.0 Å². The number of nitrogens with two attached hydrogens (primary N) is 1. The number of methoxy groups -OCH3 is 1. The molecule has 0 radical (unpaired) electrons. The van der Waals surface area contributed by atoms with Crippen LogP contribution in [0.4, 0.5) is 10.5 Å². The standard InChI is InChI=1S/C22H29N5O4S/c1-13-10-27-21(31-11-13)18(9-24-27)32(23,29)26-22(28)25-20-17-5-3-4-14(17)8-15-6-7-16(12-30-2)19(15)20/h8-9,13,16H,3-7,10-12H2,1-2H3,(H3,23,25,26,28,29)/t13-,16+,32?/m0/s1. The van der Waals surface area contributed by atoms with Crippen LogP contribution in [0.15, 0.2) is 21.5 Å². The number of hydrogen-bond donors (Lipinski definition) is 2. The second-order valence-corrected chi connectivity index (χ2v) is 10.8. The van der Waals surface area contributed by atoms with Crippen molar-refractivity contribution in [3.05, 3.63) is 34.5 Å². The van der Waals surface area contributed by atoms with E-state index in [0.29, 0.717) is 25.6 Å². The highest BCUT2D eigenvalue weighted by atomic mass is 32.2. The predicted molar refractivity (Wildman–Crippen MR) is 120 cm³/mol. The van der Waals surface area contributed by atoms with Gasteiger partial charge in [0.1, 0.15) is 4.90 Å².